The minimum atomic E-state index is 0.0662. The van der Waals surface area contributed by atoms with Crippen LogP contribution >= 0.6 is 0 Å². The predicted molar refractivity (Wildman–Crippen MR) is 87.7 cm³/mol. The Labute approximate surface area is 124 Å². The molecule has 2 aromatic carbocycles. The Bertz CT molecular complexity index is 821. The van der Waals surface area contributed by atoms with Crippen molar-refractivity contribution in [1.82, 2.24) is 4.57 Å². The van der Waals surface area contributed by atoms with Gasteiger partial charge in [-0.05, 0) is 29.7 Å². The number of nitrogens with zero attached hydrogens (tertiary/aromatic N) is 2. The normalized spacial score (nSPS) is 10.8. The maximum atomic E-state index is 12.5. The van der Waals surface area contributed by atoms with Crippen LogP contribution < -0.4 is 10.5 Å². The van der Waals surface area contributed by atoms with Gasteiger partial charge in [0.25, 0.3) is 5.56 Å². The fourth-order valence-electron chi connectivity index (χ4n) is 2.63. The molecule has 0 saturated heterocycles. The van der Waals surface area contributed by atoms with Gasteiger partial charge in [0, 0.05) is 31.9 Å². The maximum Gasteiger partial charge on any atom is 0.255 e. The van der Waals surface area contributed by atoms with Crippen molar-refractivity contribution in [2.45, 2.75) is 6.54 Å². The van der Waals surface area contributed by atoms with Crippen molar-refractivity contribution in [3.05, 3.63) is 76.6 Å². The molecule has 3 aromatic rings. The summed E-state index contributed by atoms with van der Waals surface area (Å²) < 4.78 is 1.73. The van der Waals surface area contributed by atoms with Crippen molar-refractivity contribution in [3.8, 4) is 0 Å². The molecule has 0 radical (unpaired) electrons. The number of rotatable bonds is 3. The molecule has 0 spiro atoms. The van der Waals surface area contributed by atoms with E-state index < -0.39 is 0 Å². The molecule has 21 heavy (non-hydrogen) atoms. The summed E-state index contributed by atoms with van der Waals surface area (Å²) in [6, 6.07) is 20.1. The molecule has 0 unspecified atom stereocenters. The number of benzene rings is 2. The topological polar surface area (TPSA) is 25.2 Å². The number of para-hydroxylation sites is 2. The van der Waals surface area contributed by atoms with Crippen molar-refractivity contribution in [2.75, 3.05) is 11.9 Å². The molecule has 0 N–H and O–H groups in total. The van der Waals surface area contributed by atoms with Gasteiger partial charge in [-0.25, -0.2) is 0 Å². The monoisotopic (exact) mass is 278 g/mol. The standard InChI is InChI=1S/C18H18N2O/c1-19(16-9-4-3-5-10-16)13-15-12-14-8-6-7-11-17(14)20(2)18(15)21/h3-12H,13H2,1-2H3. The van der Waals surface area contributed by atoms with E-state index in [9.17, 15) is 4.79 Å². The molecule has 0 bridgehead atoms. The summed E-state index contributed by atoms with van der Waals surface area (Å²) in [6.07, 6.45) is 0. The Morgan fingerprint density at radius 2 is 1.67 bits per heavy atom. The van der Waals surface area contributed by atoms with Crippen LogP contribution in [0, 0.1) is 0 Å². The van der Waals surface area contributed by atoms with Gasteiger partial charge in [0.05, 0.1) is 5.52 Å². The zero-order valence-corrected chi connectivity index (χ0v) is 12.3. The van der Waals surface area contributed by atoms with Crippen molar-refractivity contribution in [1.29, 1.82) is 0 Å². The average Bonchev–Trinajstić information content (AvgIpc) is 2.53. The zero-order valence-electron chi connectivity index (χ0n) is 12.3. The lowest BCUT2D eigenvalue weighted by Crippen LogP contribution is -2.26. The highest BCUT2D eigenvalue weighted by atomic mass is 16.1. The molecule has 0 fully saturated rings. The van der Waals surface area contributed by atoms with Gasteiger partial charge in [0.2, 0.25) is 0 Å². The van der Waals surface area contributed by atoms with Crippen LogP contribution in [0.15, 0.2) is 65.5 Å². The second-order valence-electron chi connectivity index (χ2n) is 5.28. The van der Waals surface area contributed by atoms with Gasteiger partial charge < -0.3 is 9.47 Å². The van der Waals surface area contributed by atoms with Crippen molar-refractivity contribution >= 4 is 16.6 Å². The van der Waals surface area contributed by atoms with Crippen molar-refractivity contribution in [3.63, 3.8) is 0 Å². The molecular formula is C18H18N2O. The van der Waals surface area contributed by atoms with E-state index in [1.165, 1.54) is 0 Å². The van der Waals surface area contributed by atoms with Gasteiger partial charge in [0.1, 0.15) is 0 Å². The first kappa shape index (κ1) is 13.4. The van der Waals surface area contributed by atoms with Crippen LogP contribution in [-0.2, 0) is 13.6 Å². The number of aromatic nitrogens is 1. The molecular weight excluding hydrogens is 260 g/mol. The number of fused-ring (bicyclic) bond motifs is 1. The van der Waals surface area contributed by atoms with Crippen LogP contribution in [0.5, 0.6) is 0 Å². The van der Waals surface area contributed by atoms with E-state index in [1.54, 1.807) is 4.57 Å². The van der Waals surface area contributed by atoms with E-state index in [0.29, 0.717) is 6.54 Å². The van der Waals surface area contributed by atoms with E-state index in [0.717, 1.165) is 22.2 Å². The Hall–Kier alpha value is -2.55. The van der Waals surface area contributed by atoms with Crippen molar-refractivity contribution < 1.29 is 0 Å². The Kier molecular flexibility index (Phi) is 3.48. The average molecular weight is 278 g/mol. The van der Waals surface area contributed by atoms with Crippen LogP contribution in [0.3, 0.4) is 0 Å². The molecule has 0 amide bonds. The number of anilines is 1. The van der Waals surface area contributed by atoms with Gasteiger partial charge in [0.15, 0.2) is 0 Å². The summed E-state index contributed by atoms with van der Waals surface area (Å²) in [7, 11) is 3.83. The summed E-state index contributed by atoms with van der Waals surface area (Å²) in [5.41, 5.74) is 2.94. The predicted octanol–water partition coefficient (Wildman–Crippen LogP) is 3.17. The molecule has 1 aromatic heterocycles. The fourth-order valence-corrected chi connectivity index (χ4v) is 2.63. The van der Waals surface area contributed by atoms with E-state index in [4.69, 9.17) is 0 Å². The lowest BCUT2D eigenvalue weighted by atomic mass is 10.1. The fraction of sp³-hybridized carbons (Fsp3) is 0.167. The zero-order chi connectivity index (χ0) is 14.8. The van der Waals surface area contributed by atoms with E-state index >= 15 is 0 Å². The summed E-state index contributed by atoms with van der Waals surface area (Å²) >= 11 is 0. The Morgan fingerprint density at radius 1 is 1.00 bits per heavy atom. The molecule has 0 aliphatic carbocycles. The highest BCUT2D eigenvalue weighted by molar-refractivity contribution is 5.79. The summed E-state index contributed by atoms with van der Waals surface area (Å²) in [4.78, 5) is 14.6. The summed E-state index contributed by atoms with van der Waals surface area (Å²) in [6.45, 7) is 0.599. The highest BCUT2D eigenvalue weighted by Gasteiger charge is 2.09. The van der Waals surface area contributed by atoms with E-state index in [-0.39, 0.29) is 5.56 Å². The minimum absolute atomic E-state index is 0.0662. The lowest BCUT2D eigenvalue weighted by Gasteiger charge is -2.19. The molecule has 1 heterocycles. The van der Waals surface area contributed by atoms with Gasteiger partial charge in [-0.3, -0.25) is 4.79 Å². The van der Waals surface area contributed by atoms with Crippen LogP contribution in [0.1, 0.15) is 5.56 Å². The smallest absolute Gasteiger partial charge is 0.255 e. The molecule has 3 nitrogen and oxygen atoms in total. The van der Waals surface area contributed by atoms with Crippen LogP contribution in [0.4, 0.5) is 5.69 Å². The van der Waals surface area contributed by atoms with Crippen LogP contribution in [0.25, 0.3) is 10.9 Å². The number of pyridine rings is 1. The molecule has 0 aliphatic heterocycles. The largest absolute Gasteiger partial charge is 0.370 e. The second-order valence-corrected chi connectivity index (χ2v) is 5.28. The van der Waals surface area contributed by atoms with E-state index in [2.05, 4.69) is 4.90 Å². The minimum Gasteiger partial charge on any atom is -0.370 e. The second kappa shape index (κ2) is 5.44. The number of hydrogen-bond acceptors (Lipinski definition) is 2. The molecule has 0 aliphatic rings. The maximum absolute atomic E-state index is 12.5. The third kappa shape index (κ3) is 2.55. The van der Waals surface area contributed by atoms with Gasteiger partial charge in [-0.2, -0.15) is 0 Å². The lowest BCUT2D eigenvalue weighted by molar-refractivity contribution is 0.842. The van der Waals surface area contributed by atoms with Gasteiger partial charge in [-0.1, -0.05) is 36.4 Å². The quantitative estimate of drug-likeness (QED) is 0.735. The summed E-state index contributed by atoms with van der Waals surface area (Å²) in [5.74, 6) is 0. The molecule has 3 heteroatoms. The first-order valence-electron chi connectivity index (χ1n) is 7.00. The molecule has 0 saturated carbocycles. The number of aryl methyl sites for hydroxylation is 1. The first-order valence-corrected chi connectivity index (χ1v) is 7.00. The molecule has 0 atom stereocenters. The molecule has 3 rings (SSSR count). The summed E-state index contributed by atoms with van der Waals surface area (Å²) in [5, 5.41) is 1.09. The SMILES string of the molecule is CN(Cc1cc2ccccc2n(C)c1=O)c1ccccc1. The van der Waals surface area contributed by atoms with Crippen molar-refractivity contribution in [2.24, 2.45) is 7.05 Å². The Balaban J connectivity index is 2.01. The first-order chi connectivity index (χ1) is 10.2. The number of hydrogen-bond donors (Lipinski definition) is 0. The van der Waals surface area contributed by atoms with Gasteiger partial charge in [-0.15, -0.1) is 0 Å². The van der Waals surface area contributed by atoms with Gasteiger partial charge >= 0.3 is 0 Å². The Morgan fingerprint density at radius 3 is 2.43 bits per heavy atom. The van der Waals surface area contributed by atoms with E-state index in [1.807, 2.05) is 74.8 Å². The molecule has 106 valence electrons. The highest BCUT2D eigenvalue weighted by Crippen LogP contribution is 2.16. The third-order valence-corrected chi connectivity index (χ3v) is 3.81. The van der Waals surface area contributed by atoms with Crippen LogP contribution in [-0.4, -0.2) is 11.6 Å². The van der Waals surface area contributed by atoms with Crippen LogP contribution in [0.2, 0.25) is 0 Å². The third-order valence-electron chi connectivity index (χ3n) is 3.81.